The van der Waals surface area contributed by atoms with Crippen molar-refractivity contribution in [2.24, 2.45) is 0 Å². The van der Waals surface area contributed by atoms with Crippen LogP contribution in [0.1, 0.15) is 16.7 Å². The van der Waals surface area contributed by atoms with Gasteiger partial charge in [0.1, 0.15) is 14.5 Å². The molecule has 1 N–H and O–H groups in total. The molecule has 0 amide bonds. The summed E-state index contributed by atoms with van der Waals surface area (Å²) in [6.07, 6.45) is 4.44. The van der Waals surface area contributed by atoms with Crippen LogP contribution in [0.25, 0.3) is 16.1 Å². The largest absolute Gasteiger partial charge is 0.515 e. The second kappa shape index (κ2) is 9.67. The van der Waals surface area contributed by atoms with Crippen LogP contribution in [0.5, 0.6) is 0 Å². The lowest BCUT2D eigenvalue weighted by Gasteiger charge is -2.23. The SMILES string of the molecule is [O-][Cl+3]([O-])([O-])OS1=C(/C(=C/O)c2ccccc2)C=CC(c2ccccc2)=C1c1ccccc1. The molecule has 3 aromatic rings. The first kappa shape index (κ1) is 22.2. The maximum absolute atomic E-state index is 11.8. The fourth-order valence-electron chi connectivity index (χ4n) is 3.43. The molecule has 1 unspecified atom stereocenters. The van der Waals surface area contributed by atoms with Crippen LogP contribution in [-0.4, -0.2) is 9.97 Å². The van der Waals surface area contributed by atoms with Gasteiger partial charge in [0.2, 0.25) is 0 Å². The lowest BCUT2D eigenvalue weighted by molar-refractivity contribution is -1.91. The standard InChI is InChI=1S/C25H19ClO5S/c27-18-23(20-12-6-2-7-13-20)24-17-16-22(19-10-4-1-5-11-19)25(21-14-8-3-9-15-21)32(24)31-26(28,29)30/h1-18,27H/b23-18+. The van der Waals surface area contributed by atoms with Gasteiger partial charge in [-0.15, -0.1) is 0 Å². The smallest absolute Gasteiger partial charge is 0.148 e. The Hall–Kier alpha value is -2.97. The van der Waals surface area contributed by atoms with E-state index < -0.39 is 21.0 Å². The van der Waals surface area contributed by atoms with Crippen molar-refractivity contribution in [1.29, 1.82) is 0 Å². The van der Waals surface area contributed by atoms with Crippen molar-refractivity contribution in [2.45, 2.75) is 0 Å². The molecule has 1 aliphatic heterocycles. The Morgan fingerprint density at radius 2 is 1.28 bits per heavy atom. The molecule has 0 bridgehead atoms. The Kier molecular flexibility index (Phi) is 6.72. The van der Waals surface area contributed by atoms with Gasteiger partial charge in [-0.05, 0) is 28.3 Å². The van der Waals surface area contributed by atoms with E-state index in [1.165, 1.54) is 0 Å². The first-order chi connectivity index (χ1) is 15.5. The maximum atomic E-state index is 11.8. The molecule has 3 aromatic carbocycles. The third-order valence-corrected chi connectivity index (χ3v) is 7.47. The third kappa shape index (κ3) is 4.92. The Morgan fingerprint density at radius 3 is 1.81 bits per heavy atom. The summed E-state index contributed by atoms with van der Waals surface area (Å²) in [7, 11) is -6.38. The van der Waals surface area contributed by atoms with Gasteiger partial charge in [0.05, 0.1) is 26.3 Å². The lowest BCUT2D eigenvalue weighted by Crippen LogP contribution is -2.60. The number of hydrogen-bond acceptors (Lipinski definition) is 5. The van der Waals surface area contributed by atoms with E-state index in [1.54, 1.807) is 30.3 Å². The number of benzene rings is 3. The van der Waals surface area contributed by atoms with E-state index in [-0.39, 0.29) is 0 Å². The predicted octanol–water partition coefficient (Wildman–Crippen LogP) is 2.99. The zero-order chi connectivity index (χ0) is 22.6. The van der Waals surface area contributed by atoms with Crippen LogP contribution in [0.3, 0.4) is 0 Å². The molecule has 0 saturated carbocycles. The molecule has 0 aromatic heterocycles. The summed E-state index contributed by atoms with van der Waals surface area (Å²) in [6.45, 7) is 0. The van der Waals surface area contributed by atoms with E-state index in [2.05, 4.69) is 0 Å². The Labute approximate surface area is 190 Å². The van der Waals surface area contributed by atoms with Crippen LogP contribution < -0.4 is 14.0 Å². The zero-order valence-corrected chi connectivity index (χ0v) is 18.3. The number of allylic oxidation sites excluding steroid dienone is 4. The topological polar surface area (TPSA) is 98.6 Å². The summed E-state index contributed by atoms with van der Waals surface area (Å²) >= 11 is 0. The number of aliphatic hydroxyl groups is 1. The summed E-state index contributed by atoms with van der Waals surface area (Å²) < 4.78 is 40.4. The van der Waals surface area contributed by atoms with Crippen LogP contribution in [0.2, 0.25) is 0 Å². The molecule has 1 atom stereocenters. The second-order valence-electron chi connectivity index (χ2n) is 6.79. The number of halogens is 1. The molecule has 0 radical (unpaired) electrons. The number of rotatable bonds is 6. The third-order valence-electron chi connectivity index (χ3n) is 4.77. The number of aliphatic hydroxyl groups excluding tert-OH is 1. The van der Waals surface area contributed by atoms with Gasteiger partial charge in [-0.1, -0.05) is 97.1 Å². The fraction of sp³-hybridized carbons (Fsp3) is 0. The summed E-state index contributed by atoms with van der Waals surface area (Å²) in [6, 6.07) is 27.6. The van der Waals surface area contributed by atoms with Crippen LogP contribution in [0, 0.1) is 10.2 Å². The van der Waals surface area contributed by atoms with E-state index >= 15 is 0 Å². The average molecular weight is 467 g/mol. The van der Waals surface area contributed by atoms with Gasteiger partial charge in [-0.2, -0.15) is 14.0 Å². The highest BCUT2D eigenvalue weighted by Crippen LogP contribution is 2.48. The first-order valence-electron chi connectivity index (χ1n) is 9.63. The minimum atomic E-state index is -4.75. The van der Waals surface area contributed by atoms with E-state index in [0.717, 1.165) is 17.4 Å². The number of hydrogen-bond donors (Lipinski definition) is 1. The van der Waals surface area contributed by atoms with Gasteiger partial charge in [0.25, 0.3) is 0 Å². The van der Waals surface area contributed by atoms with Crippen molar-refractivity contribution in [3.05, 3.63) is 126 Å². The van der Waals surface area contributed by atoms with Crippen molar-refractivity contribution in [2.75, 3.05) is 0 Å². The maximum Gasteiger partial charge on any atom is 0.148 e. The Morgan fingerprint density at radius 1 is 0.750 bits per heavy atom. The van der Waals surface area contributed by atoms with Crippen LogP contribution >= 0.6 is 10.8 Å². The fourth-order valence-corrected chi connectivity index (χ4v) is 6.09. The molecule has 0 saturated heterocycles. The second-order valence-corrected chi connectivity index (χ2v) is 9.44. The minimum Gasteiger partial charge on any atom is -0.515 e. The van der Waals surface area contributed by atoms with E-state index in [4.69, 9.17) is 3.74 Å². The molecule has 32 heavy (non-hydrogen) atoms. The summed E-state index contributed by atoms with van der Waals surface area (Å²) in [5.74, 6) is 0. The molecule has 1 aliphatic rings. The van der Waals surface area contributed by atoms with Crippen molar-refractivity contribution < 1.29 is 33.1 Å². The van der Waals surface area contributed by atoms with Crippen LogP contribution in [-0.2, 0) is 3.74 Å². The zero-order valence-electron chi connectivity index (χ0n) is 16.8. The van der Waals surface area contributed by atoms with Crippen molar-refractivity contribution in [3.8, 4) is 0 Å². The summed E-state index contributed by atoms with van der Waals surface area (Å²) in [5.41, 5.74) is 3.31. The van der Waals surface area contributed by atoms with E-state index in [0.29, 0.717) is 26.5 Å². The molecule has 7 heteroatoms. The quantitative estimate of drug-likeness (QED) is 0.342. The monoisotopic (exact) mass is 466 g/mol. The normalized spacial score (nSPS) is 17.0. The molecular formula is C25H19ClO5S. The van der Waals surface area contributed by atoms with Crippen molar-refractivity contribution in [3.63, 3.8) is 0 Å². The van der Waals surface area contributed by atoms with Gasteiger partial charge < -0.3 is 5.11 Å². The van der Waals surface area contributed by atoms with E-state index in [1.807, 2.05) is 72.8 Å². The molecule has 0 aliphatic carbocycles. The molecule has 5 nitrogen and oxygen atoms in total. The van der Waals surface area contributed by atoms with Gasteiger partial charge in [0, 0.05) is 5.57 Å². The molecule has 0 spiro atoms. The Bertz CT molecular complexity index is 1210. The molecule has 162 valence electrons. The van der Waals surface area contributed by atoms with Gasteiger partial charge in [-0.3, -0.25) is 0 Å². The molecule has 1 heterocycles. The minimum absolute atomic E-state index is 0.365. The molecular weight excluding hydrogens is 448 g/mol. The van der Waals surface area contributed by atoms with Crippen LogP contribution in [0.4, 0.5) is 0 Å². The first-order valence-corrected chi connectivity index (χ1v) is 12.0. The van der Waals surface area contributed by atoms with Gasteiger partial charge >= 0.3 is 0 Å². The van der Waals surface area contributed by atoms with Crippen molar-refractivity contribution in [1.82, 2.24) is 0 Å². The predicted molar refractivity (Wildman–Crippen MR) is 120 cm³/mol. The van der Waals surface area contributed by atoms with Crippen molar-refractivity contribution >= 4 is 31.7 Å². The molecule has 0 fully saturated rings. The molecule has 4 rings (SSSR count). The highest BCUT2D eigenvalue weighted by molar-refractivity contribution is 8.21. The van der Waals surface area contributed by atoms with Gasteiger partial charge in [-0.25, -0.2) is 0 Å². The highest BCUT2D eigenvalue weighted by atomic mass is 35.7. The highest BCUT2D eigenvalue weighted by Gasteiger charge is 2.33. The van der Waals surface area contributed by atoms with Gasteiger partial charge in [0.15, 0.2) is 0 Å². The Balaban J connectivity index is 2.03. The summed E-state index contributed by atoms with van der Waals surface area (Å²) in [4.78, 5) is 0.917. The van der Waals surface area contributed by atoms with E-state index in [9.17, 15) is 19.1 Å². The lowest BCUT2D eigenvalue weighted by atomic mass is 9.99. The summed E-state index contributed by atoms with van der Waals surface area (Å²) in [5, 5.41) is 10.1. The average Bonchev–Trinajstić information content (AvgIpc) is 2.81. The van der Waals surface area contributed by atoms with Crippen LogP contribution in [0.15, 0.2) is 109 Å².